The van der Waals surface area contributed by atoms with E-state index in [0.29, 0.717) is 19.7 Å². The third kappa shape index (κ3) is 3.34. The predicted molar refractivity (Wildman–Crippen MR) is 71.9 cm³/mol. The van der Waals surface area contributed by atoms with Gasteiger partial charge < -0.3 is 9.64 Å². The molecule has 102 valence electrons. The molecule has 0 radical (unpaired) electrons. The van der Waals surface area contributed by atoms with Gasteiger partial charge in [-0.15, -0.1) is 0 Å². The maximum Gasteiger partial charge on any atom is 0.307 e. The summed E-state index contributed by atoms with van der Waals surface area (Å²) in [6, 6.07) is 7.70. The maximum absolute atomic E-state index is 12.4. The van der Waals surface area contributed by atoms with Gasteiger partial charge in [0.05, 0.1) is 13.0 Å². The van der Waals surface area contributed by atoms with E-state index in [2.05, 4.69) is 0 Å². The first-order valence-corrected chi connectivity index (χ1v) is 6.75. The quantitative estimate of drug-likeness (QED) is 0.779. The SMILES string of the molecule is CCOC(=O)CCN1CCCc2ccccc2C1=O. The maximum atomic E-state index is 12.4. The molecule has 1 aromatic rings. The monoisotopic (exact) mass is 261 g/mol. The molecule has 0 N–H and O–H groups in total. The number of amides is 1. The molecule has 1 aliphatic heterocycles. The second-order valence-electron chi connectivity index (χ2n) is 4.61. The molecule has 0 atom stereocenters. The Hall–Kier alpha value is -1.84. The van der Waals surface area contributed by atoms with Crippen LogP contribution in [0.4, 0.5) is 0 Å². The molecule has 0 fully saturated rings. The Morgan fingerprint density at radius 1 is 1.37 bits per heavy atom. The van der Waals surface area contributed by atoms with Crippen LogP contribution in [0.25, 0.3) is 0 Å². The highest BCUT2D eigenvalue weighted by atomic mass is 16.5. The van der Waals surface area contributed by atoms with Crippen molar-refractivity contribution >= 4 is 11.9 Å². The van der Waals surface area contributed by atoms with Crippen LogP contribution in [0.2, 0.25) is 0 Å². The molecule has 1 aliphatic rings. The summed E-state index contributed by atoms with van der Waals surface area (Å²) >= 11 is 0. The third-order valence-electron chi connectivity index (χ3n) is 3.30. The van der Waals surface area contributed by atoms with Crippen molar-refractivity contribution in [3.05, 3.63) is 35.4 Å². The first kappa shape index (κ1) is 13.6. The molecule has 1 heterocycles. The predicted octanol–water partition coefficient (Wildman–Crippen LogP) is 2.03. The first-order chi connectivity index (χ1) is 9.22. The van der Waals surface area contributed by atoms with Crippen molar-refractivity contribution in [3.63, 3.8) is 0 Å². The number of hydrogen-bond acceptors (Lipinski definition) is 3. The highest BCUT2D eigenvalue weighted by Gasteiger charge is 2.22. The summed E-state index contributed by atoms with van der Waals surface area (Å²) in [5, 5.41) is 0. The minimum atomic E-state index is -0.243. The molecule has 0 aliphatic carbocycles. The number of carbonyl (C=O) groups excluding carboxylic acids is 2. The van der Waals surface area contributed by atoms with Gasteiger partial charge in [-0.1, -0.05) is 18.2 Å². The fraction of sp³-hybridized carbons (Fsp3) is 0.467. The van der Waals surface area contributed by atoms with E-state index in [1.807, 2.05) is 24.3 Å². The lowest BCUT2D eigenvalue weighted by molar-refractivity contribution is -0.143. The highest BCUT2D eigenvalue weighted by Crippen LogP contribution is 2.18. The second kappa shape index (κ2) is 6.36. The lowest BCUT2D eigenvalue weighted by atomic mass is 10.0. The number of benzene rings is 1. The highest BCUT2D eigenvalue weighted by molar-refractivity contribution is 5.96. The molecule has 0 bridgehead atoms. The second-order valence-corrected chi connectivity index (χ2v) is 4.61. The molecule has 0 aromatic heterocycles. The zero-order chi connectivity index (χ0) is 13.7. The van der Waals surface area contributed by atoms with Crippen molar-refractivity contribution in [2.24, 2.45) is 0 Å². The number of hydrogen-bond donors (Lipinski definition) is 0. The lowest BCUT2D eigenvalue weighted by Crippen LogP contribution is -2.33. The van der Waals surface area contributed by atoms with Crippen molar-refractivity contribution < 1.29 is 14.3 Å². The molecular formula is C15H19NO3. The number of esters is 1. The molecule has 0 saturated carbocycles. The van der Waals surface area contributed by atoms with E-state index in [1.54, 1.807) is 11.8 Å². The van der Waals surface area contributed by atoms with Gasteiger partial charge in [-0.25, -0.2) is 0 Å². The summed E-state index contributed by atoms with van der Waals surface area (Å²) in [5.74, 6) is -0.217. The summed E-state index contributed by atoms with van der Waals surface area (Å²) in [6.07, 6.45) is 2.12. The van der Waals surface area contributed by atoms with Gasteiger partial charge in [-0.3, -0.25) is 9.59 Å². The van der Waals surface area contributed by atoms with Crippen molar-refractivity contribution in [3.8, 4) is 0 Å². The van der Waals surface area contributed by atoms with Crippen molar-refractivity contribution in [1.82, 2.24) is 4.90 Å². The normalized spacial score (nSPS) is 14.8. The van der Waals surface area contributed by atoms with Crippen molar-refractivity contribution in [1.29, 1.82) is 0 Å². The van der Waals surface area contributed by atoms with Gasteiger partial charge in [0.15, 0.2) is 0 Å². The van der Waals surface area contributed by atoms with Crippen LogP contribution >= 0.6 is 0 Å². The Balaban J connectivity index is 2.03. The van der Waals surface area contributed by atoms with Crippen LogP contribution < -0.4 is 0 Å². The van der Waals surface area contributed by atoms with E-state index in [4.69, 9.17) is 4.74 Å². The number of ether oxygens (including phenoxy) is 1. The Bertz CT molecular complexity index is 470. The summed E-state index contributed by atoms with van der Waals surface area (Å²) in [4.78, 5) is 25.5. The van der Waals surface area contributed by atoms with Crippen LogP contribution in [0.5, 0.6) is 0 Å². The molecule has 4 nitrogen and oxygen atoms in total. The minimum absolute atomic E-state index is 0.0254. The number of rotatable bonds is 4. The summed E-state index contributed by atoms with van der Waals surface area (Å²) in [5.41, 5.74) is 1.87. The Morgan fingerprint density at radius 2 is 2.16 bits per heavy atom. The van der Waals surface area contributed by atoms with Gasteiger partial charge >= 0.3 is 5.97 Å². The van der Waals surface area contributed by atoms with Crippen molar-refractivity contribution in [2.75, 3.05) is 19.7 Å². The van der Waals surface area contributed by atoms with Gasteiger partial charge in [0.1, 0.15) is 0 Å². The number of carbonyl (C=O) groups is 2. The van der Waals surface area contributed by atoms with Crippen LogP contribution in [0.1, 0.15) is 35.7 Å². The molecular weight excluding hydrogens is 242 g/mol. The standard InChI is InChI=1S/C15H19NO3/c1-2-19-14(17)9-11-16-10-5-7-12-6-3-4-8-13(12)15(16)18/h3-4,6,8H,2,5,7,9-11H2,1H3. The van der Waals surface area contributed by atoms with E-state index in [9.17, 15) is 9.59 Å². The van der Waals surface area contributed by atoms with E-state index in [0.717, 1.165) is 24.0 Å². The average Bonchev–Trinajstić information content (AvgIpc) is 2.57. The van der Waals surface area contributed by atoms with Crippen LogP contribution in [0.15, 0.2) is 24.3 Å². The Morgan fingerprint density at radius 3 is 2.95 bits per heavy atom. The molecule has 0 spiro atoms. The van der Waals surface area contributed by atoms with Crippen LogP contribution in [-0.2, 0) is 16.0 Å². The van der Waals surface area contributed by atoms with Gasteiger partial charge in [0.2, 0.25) is 0 Å². The topological polar surface area (TPSA) is 46.6 Å². The summed E-state index contributed by atoms with van der Waals surface area (Å²) in [7, 11) is 0. The average molecular weight is 261 g/mol. The fourth-order valence-electron chi connectivity index (χ4n) is 2.35. The summed E-state index contributed by atoms with van der Waals surface area (Å²) < 4.78 is 4.89. The molecule has 19 heavy (non-hydrogen) atoms. The molecule has 4 heteroatoms. The summed E-state index contributed by atoms with van der Waals surface area (Å²) in [6.45, 7) is 3.31. The van der Waals surface area contributed by atoms with Gasteiger partial charge in [0.25, 0.3) is 5.91 Å². The molecule has 0 unspecified atom stereocenters. The van der Waals surface area contributed by atoms with E-state index in [-0.39, 0.29) is 18.3 Å². The third-order valence-corrected chi connectivity index (χ3v) is 3.30. The van der Waals surface area contributed by atoms with Crippen molar-refractivity contribution in [2.45, 2.75) is 26.2 Å². The van der Waals surface area contributed by atoms with Crippen LogP contribution in [0, 0.1) is 0 Å². The number of aryl methyl sites for hydroxylation is 1. The van der Waals surface area contributed by atoms with Crippen LogP contribution in [0.3, 0.4) is 0 Å². The Labute approximate surface area is 113 Å². The van der Waals surface area contributed by atoms with Crippen LogP contribution in [-0.4, -0.2) is 36.5 Å². The smallest absolute Gasteiger partial charge is 0.307 e. The first-order valence-electron chi connectivity index (χ1n) is 6.75. The molecule has 1 aromatic carbocycles. The molecule has 1 amide bonds. The number of fused-ring (bicyclic) bond motifs is 1. The molecule has 0 saturated heterocycles. The number of nitrogens with zero attached hydrogens (tertiary/aromatic N) is 1. The zero-order valence-corrected chi connectivity index (χ0v) is 11.2. The van der Waals surface area contributed by atoms with Gasteiger partial charge in [-0.05, 0) is 31.4 Å². The van der Waals surface area contributed by atoms with E-state index < -0.39 is 0 Å². The molecule has 2 rings (SSSR count). The van der Waals surface area contributed by atoms with E-state index >= 15 is 0 Å². The zero-order valence-electron chi connectivity index (χ0n) is 11.2. The van der Waals surface area contributed by atoms with Gasteiger partial charge in [-0.2, -0.15) is 0 Å². The van der Waals surface area contributed by atoms with E-state index in [1.165, 1.54) is 0 Å². The van der Waals surface area contributed by atoms with Gasteiger partial charge in [0, 0.05) is 18.7 Å². The largest absolute Gasteiger partial charge is 0.466 e. The fourth-order valence-corrected chi connectivity index (χ4v) is 2.35. The minimum Gasteiger partial charge on any atom is -0.466 e. The Kier molecular flexibility index (Phi) is 4.55. The lowest BCUT2D eigenvalue weighted by Gasteiger charge is -2.20.